The van der Waals surface area contributed by atoms with E-state index in [1.54, 1.807) is 17.8 Å². The fourth-order valence-electron chi connectivity index (χ4n) is 0.529. The molecular formula is C6H7ClN2S. The molecule has 0 radical (unpaired) electrons. The van der Waals surface area contributed by atoms with E-state index in [2.05, 4.69) is 17.1 Å². The Morgan fingerprint density at radius 2 is 2.30 bits per heavy atom. The number of hydrogen-bond donors (Lipinski definition) is 0. The van der Waals surface area contributed by atoms with Crippen molar-refractivity contribution in [2.45, 2.75) is 11.9 Å². The molecule has 0 saturated heterocycles. The average molecular weight is 175 g/mol. The third-order valence-electron chi connectivity index (χ3n) is 0.900. The molecule has 0 bridgehead atoms. The third-order valence-corrected chi connectivity index (χ3v) is 1.90. The molecule has 0 fully saturated rings. The Kier molecular flexibility index (Phi) is 2.96. The van der Waals surface area contributed by atoms with Gasteiger partial charge < -0.3 is 0 Å². The number of thioether (sulfide) groups is 1. The molecule has 0 aliphatic carbocycles. The van der Waals surface area contributed by atoms with E-state index in [0.29, 0.717) is 5.15 Å². The number of hydrogen-bond acceptors (Lipinski definition) is 3. The standard InChI is InChI=1S/C6H7ClN2S/c1-2-10-6-4-3-5(7)8-9-6/h3-4H,2H2,1H3. The molecule has 10 heavy (non-hydrogen) atoms. The maximum atomic E-state index is 5.53. The van der Waals surface area contributed by atoms with E-state index >= 15 is 0 Å². The lowest BCUT2D eigenvalue weighted by Crippen LogP contribution is -1.84. The number of rotatable bonds is 2. The summed E-state index contributed by atoms with van der Waals surface area (Å²) in [7, 11) is 0. The van der Waals surface area contributed by atoms with Crippen molar-refractivity contribution in [1.29, 1.82) is 0 Å². The van der Waals surface area contributed by atoms with Gasteiger partial charge in [0.25, 0.3) is 0 Å². The summed E-state index contributed by atoms with van der Waals surface area (Å²) in [6.45, 7) is 2.07. The molecule has 4 heteroatoms. The molecule has 0 amide bonds. The van der Waals surface area contributed by atoms with Crippen LogP contribution >= 0.6 is 23.4 Å². The van der Waals surface area contributed by atoms with Crippen LogP contribution in [-0.2, 0) is 0 Å². The van der Waals surface area contributed by atoms with Gasteiger partial charge in [-0.05, 0) is 17.9 Å². The first-order valence-corrected chi connectivity index (χ1v) is 4.31. The van der Waals surface area contributed by atoms with Crippen molar-refractivity contribution < 1.29 is 0 Å². The van der Waals surface area contributed by atoms with Crippen molar-refractivity contribution in [3.05, 3.63) is 17.3 Å². The first kappa shape index (κ1) is 7.82. The minimum Gasteiger partial charge on any atom is -0.143 e. The zero-order chi connectivity index (χ0) is 7.40. The summed E-state index contributed by atoms with van der Waals surface area (Å²) in [5.41, 5.74) is 0. The van der Waals surface area contributed by atoms with Gasteiger partial charge in [0.2, 0.25) is 0 Å². The molecule has 1 aromatic heterocycles. The van der Waals surface area contributed by atoms with Crippen molar-refractivity contribution >= 4 is 23.4 Å². The monoisotopic (exact) mass is 174 g/mol. The van der Waals surface area contributed by atoms with Gasteiger partial charge in [-0.3, -0.25) is 0 Å². The van der Waals surface area contributed by atoms with Gasteiger partial charge in [-0.15, -0.1) is 22.0 Å². The summed E-state index contributed by atoms with van der Waals surface area (Å²) in [5, 5.41) is 8.91. The van der Waals surface area contributed by atoms with Crippen molar-refractivity contribution in [3.63, 3.8) is 0 Å². The Balaban J connectivity index is 2.69. The first-order chi connectivity index (χ1) is 4.83. The van der Waals surface area contributed by atoms with E-state index in [1.807, 2.05) is 6.07 Å². The second-order valence-corrected chi connectivity index (χ2v) is 3.30. The van der Waals surface area contributed by atoms with Gasteiger partial charge in [-0.1, -0.05) is 18.5 Å². The summed E-state index contributed by atoms with van der Waals surface area (Å²) in [4.78, 5) is 0. The largest absolute Gasteiger partial charge is 0.151 e. The molecule has 2 nitrogen and oxygen atoms in total. The van der Waals surface area contributed by atoms with E-state index in [1.165, 1.54) is 0 Å². The minimum absolute atomic E-state index is 0.445. The Hall–Kier alpha value is -0.280. The van der Waals surface area contributed by atoms with E-state index in [4.69, 9.17) is 11.6 Å². The molecule has 0 atom stereocenters. The highest BCUT2D eigenvalue weighted by Gasteiger charge is 1.92. The summed E-state index contributed by atoms with van der Waals surface area (Å²) >= 11 is 7.18. The molecule has 0 aliphatic heterocycles. The third kappa shape index (κ3) is 2.15. The SMILES string of the molecule is CCSc1ccc(Cl)nn1. The molecular weight excluding hydrogens is 168 g/mol. The maximum absolute atomic E-state index is 5.53. The number of halogens is 1. The van der Waals surface area contributed by atoms with E-state index in [0.717, 1.165) is 10.8 Å². The van der Waals surface area contributed by atoms with Crippen molar-refractivity contribution in [1.82, 2.24) is 10.2 Å². The molecule has 54 valence electrons. The van der Waals surface area contributed by atoms with Gasteiger partial charge in [-0.25, -0.2) is 0 Å². The highest BCUT2D eigenvalue weighted by atomic mass is 35.5. The second kappa shape index (κ2) is 3.78. The zero-order valence-electron chi connectivity index (χ0n) is 5.54. The number of nitrogens with zero attached hydrogens (tertiary/aromatic N) is 2. The molecule has 0 spiro atoms. The summed E-state index contributed by atoms with van der Waals surface area (Å²) in [5.74, 6) is 1.01. The van der Waals surface area contributed by atoms with Crippen molar-refractivity contribution in [2.24, 2.45) is 0 Å². The molecule has 1 rings (SSSR count). The Morgan fingerprint density at radius 1 is 1.50 bits per heavy atom. The minimum atomic E-state index is 0.445. The summed E-state index contributed by atoms with van der Waals surface area (Å²) in [6, 6.07) is 3.61. The molecule has 1 heterocycles. The van der Waals surface area contributed by atoms with Gasteiger partial charge in [0.15, 0.2) is 5.15 Å². The van der Waals surface area contributed by atoms with Crippen LogP contribution in [-0.4, -0.2) is 16.0 Å². The quantitative estimate of drug-likeness (QED) is 0.644. The van der Waals surface area contributed by atoms with Crippen LogP contribution in [0.2, 0.25) is 5.15 Å². The summed E-state index contributed by atoms with van der Waals surface area (Å²) < 4.78 is 0. The van der Waals surface area contributed by atoms with Crippen molar-refractivity contribution in [3.8, 4) is 0 Å². The highest BCUT2D eigenvalue weighted by molar-refractivity contribution is 7.99. The Labute approximate surface area is 69.0 Å². The van der Waals surface area contributed by atoms with Crippen LogP contribution in [0.5, 0.6) is 0 Å². The predicted molar refractivity (Wildman–Crippen MR) is 43.4 cm³/mol. The van der Waals surface area contributed by atoms with Crippen LogP contribution in [0.1, 0.15) is 6.92 Å². The van der Waals surface area contributed by atoms with Crippen LogP contribution in [0.25, 0.3) is 0 Å². The fraction of sp³-hybridized carbons (Fsp3) is 0.333. The normalized spacial score (nSPS) is 9.80. The van der Waals surface area contributed by atoms with Crippen LogP contribution in [0, 0.1) is 0 Å². The van der Waals surface area contributed by atoms with Crippen molar-refractivity contribution in [2.75, 3.05) is 5.75 Å². The smallest absolute Gasteiger partial charge is 0.143 e. The molecule has 0 aliphatic rings. The lowest BCUT2D eigenvalue weighted by molar-refractivity contribution is 0.930. The van der Waals surface area contributed by atoms with Crippen LogP contribution in [0.3, 0.4) is 0 Å². The lowest BCUT2D eigenvalue weighted by atomic mass is 10.6. The maximum Gasteiger partial charge on any atom is 0.151 e. The van der Waals surface area contributed by atoms with E-state index in [-0.39, 0.29) is 0 Å². The lowest BCUT2D eigenvalue weighted by Gasteiger charge is -1.93. The molecule has 0 aromatic carbocycles. The second-order valence-electron chi connectivity index (χ2n) is 1.63. The molecule has 1 aromatic rings. The topological polar surface area (TPSA) is 25.8 Å². The van der Waals surface area contributed by atoms with Crippen LogP contribution < -0.4 is 0 Å². The Morgan fingerprint density at radius 3 is 2.80 bits per heavy atom. The molecule has 0 unspecified atom stereocenters. The first-order valence-electron chi connectivity index (χ1n) is 2.95. The fourth-order valence-corrected chi connectivity index (χ4v) is 1.19. The van der Waals surface area contributed by atoms with Gasteiger partial charge in [-0.2, -0.15) is 0 Å². The van der Waals surface area contributed by atoms with E-state index < -0.39 is 0 Å². The number of aromatic nitrogens is 2. The average Bonchev–Trinajstić information content (AvgIpc) is 1.95. The van der Waals surface area contributed by atoms with Gasteiger partial charge in [0, 0.05) is 0 Å². The van der Waals surface area contributed by atoms with Crippen LogP contribution in [0.15, 0.2) is 17.2 Å². The zero-order valence-corrected chi connectivity index (χ0v) is 7.11. The Bertz CT molecular complexity index is 199. The summed E-state index contributed by atoms with van der Waals surface area (Å²) in [6.07, 6.45) is 0. The van der Waals surface area contributed by atoms with Gasteiger partial charge in [0.1, 0.15) is 5.03 Å². The molecule has 0 saturated carbocycles. The molecule has 0 N–H and O–H groups in total. The van der Waals surface area contributed by atoms with E-state index in [9.17, 15) is 0 Å². The van der Waals surface area contributed by atoms with Gasteiger partial charge in [0.05, 0.1) is 0 Å². The van der Waals surface area contributed by atoms with Crippen LogP contribution in [0.4, 0.5) is 0 Å². The van der Waals surface area contributed by atoms with Gasteiger partial charge >= 0.3 is 0 Å². The highest BCUT2D eigenvalue weighted by Crippen LogP contribution is 2.13. The predicted octanol–water partition coefficient (Wildman–Crippen LogP) is 2.24.